The van der Waals surface area contributed by atoms with Gasteiger partial charge in [0, 0.05) is 0 Å². The smallest absolute Gasteiger partial charge is 0.340 e. The molecule has 0 bridgehead atoms. The maximum absolute atomic E-state index is 10.8. The molecule has 140 valence electrons. The normalized spacial score (nSPS) is 18.0. The second-order valence-electron chi connectivity index (χ2n) is 7.20. The monoisotopic (exact) mass is 376 g/mol. The molecule has 1 aliphatic rings. The van der Waals surface area contributed by atoms with Crippen LogP contribution in [0.25, 0.3) is 0 Å². The van der Waals surface area contributed by atoms with E-state index in [1.54, 1.807) is 0 Å². The number of carboxylic acids is 1. The predicted octanol–water partition coefficient (Wildman–Crippen LogP) is 7.28. The zero-order valence-electron chi connectivity index (χ0n) is 15.0. The second kappa shape index (κ2) is 13.1. The first-order valence-corrected chi connectivity index (χ1v) is 10.6. The van der Waals surface area contributed by atoms with Crippen LogP contribution in [0.3, 0.4) is 0 Å². The molecule has 1 rings (SSSR count). The van der Waals surface area contributed by atoms with Crippen LogP contribution in [0.15, 0.2) is 12.2 Å². The first-order valence-electron chi connectivity index (χ1n) is 9.80. The van der Waals surface area contributed by atoms with Crippen LogP contribution in [0.2, 0.25) is 0 Å². The molecule has 4 heteroatoms. The zero-order chi connectivity index (χ0) is 17.7. The van der Waals surface area contributed by atoms with Crippen LogP contribution < -0.4 is 0 Å². The minimum absolute atomic E-state index is 0.335. The summed E-state index contributed by atoms with van der Waals surface area (Å²) < 4.78 is -1.60. The number of alkyl halides is 2. The maximum Gasteiger partial charge on any atom is 0.340 e. The number of carbonyl (C=O) groups is 1. The van der Waals surface area contributed by atoms with Crippen molar-refractivity contribution in [3.05, 3.63) is 12.2 Å². The number of halogens is 2. The average Bonchev–Trinajstić information content (AvgIpc) is 2.56. The molecule has 0 aromatic carbocycles. The Morgan fingerprint density at radius 3 is 2.00 bits per heavy atom. The molecule has 0 aromatic heterocycles. The highest BCUT2D eigenvalue weighted by molar-refractivity contribution is 6.57. The minimum atomic E-state index is -1.60. The molecule has 1 unspecified atom stereocenters. The first kappa shape index (κ1) is 21.8. The Labute approximate surface area is 158 Å². The molecule has 1 N–H and O–H groups in total. The van der Waals surface area contributed by atoms with E-state index >= 15 is 0 Å². The molecule has 0 heterocycles. The number of hydrogen-bond donors (Lipinski definition) is 1. The fourth-order valence-electron chi connectivity index (χ4n) is 3.40. The number of rotatable bonds is 14. The second-order valence-corrected chi connectivity index (χ2v) is 8.69. The van der Waals surface area contributed by atoms with Crippen LogP contribution in [0, 0.1) is 5.92 Å². The van der Waals surface area contributed by atoms with E-state index in [1.165, 1.54) is 70.6 Å². The number of carboxylic acid groups (broad SMARTS) is 1. The van der Waals surface area contributed by atoms with E-state index in [-0.39, 0.29) is 0 Å². The van der Waals surface area contributed by atoms with Crippen molar-refractivity contribution in [1.82, 2.24) is 0 Å². The molecule has 1 atom stereocenters. The average molecular weight is 377 g/mol. The lowest BCUT2D eigenvalue weighted by atomic mass is 9.91. The lowest BCUT2D eigenvalue weighted by Gasteiger charge is -2.15. The van der Waals surface area contributed by atoms with Crippen molar-refractivity contribution >= 4 is 29.2 Å². The van der Waals surface area contributed by atoms with Gasteiger partial charge in [-0.1, -0.05) is 93.1 Å². The largest absolute Gasteiger partial charge is 0.479 e. The van der Waals surface area contributed by atoms with Gasteiger partial charge in [0.25, 0.3) is 0 Å². The minimum Gasteiger partial charge on any atom is -0.479 e. The van der Waals surface area contributed by atoms with Gasteiger partial charge in [0.2, 0.25) is 4.33 Å². The Morgan fingerprint density at radius 1 is 0.958 bits per heavy atom. The molecule has 1 aliphatic carbocycles. The van der Waals surface area contributed by atoms with Crippen molar-refractivity contribution in [2.45, 2.75) is 101 Å². The molecule has 0 saturated carbocycles. The molecular formula is C20H34Cl2O2. The fraction of sp³-hybridized carbons (Fsp3) is 0.850. The van der Waals surface area contributed by atoms with E-state index in [0.717, 1.165) is 25.2 Å². The van der Waals surface area contributed by atoms with E-state index in [4.69, 9.17) is 28.3 Å². The summed E-state index contributed by atoms with van der Waals surface area (Å²) in [6.07, 6.45) is 22.9. The number of hydrogen-bond acceptors (Lipinski definition) is 1. The summed E-state index contributed by atoms with van der Waals surface area (Å²) in [6.45, 7) is 0. The van der Waals surface area contributed by atoms with Crippen LogP contribution in [0.4, 0.5) is 0 Å². The summed E-state index contributed by atoms with van der Waals surface area (Å²) >= 11 is 11.4. The van der Waals surface area contributed by atoms with Crippen molar-refractivity contribution in [1.29, 1.82) is 0 Å². The van der Waals surface area contributed by atoms with Gasteiger partial charge < -0.3 is 5.11 Å². The van der Waals surface area contributed by atoms with E-state index < -0.39 is 10.3 Å². The van der Waals surface area contributed by atoms with E-state index in [1.807, 2.05) is 0 Å². The Balaban J connectivity index is 1.80. The zero-order valence-corrected chi connectivity index (χ0v) is 16.5. The van der Waals surface area contributed by atoms with E-state index in [9.17, 15) is 4.79 Å². The van der Waals surface area contributed by atoms with Gasteiger partial charge in [-0.2, -0.15) is 0 Å². The summed E-state index contributed by atoms with van der Waals surface area (Å²) in [5.41, 5.74) is 0. The summed E-state index contributed by atoms with van der Waals surface area (Å²) in [4.78, 5) is 10.8. The predicted molar refractivity (Wildman–Crippen MR) is 104 cm³/mol. The van der Waals surface area contributed by atoms with Gasteiger partial charge in [0.1, 0.15) is 0 Å². The molecule has 0 radical (unpaired) electrons. The molecule has 0 aliphatic heterocycles. The fourth-order valence-corrected chi connectivity index (χ4v) is 3.67. The van der Waals surface area contributed by atoms with Crippen molar-refractivity contribution < 1.29 is 9.90 Å². The Morgan fingerprint density at radius 2 is 1.50 bits per heavy atom. The molecule has 2 nitrogen and oxygen atoms in total. The quantitative estimate of drug-likeness (QED) is 0.196. The van der Waals surface area contributed by atoms with Crippen LogP contribution >= 0.6 is 23.2 Å². The standard InChI is InChI=1S/C20H34Cl2O2/c21-20(22,19(23)24)17-13-8-6-4-2-1-3-5-7-10-14-18-15-11-9-12-16-18/h11,15,18H,1-10,12-14,16-17H2,(H,23,24). The molecule has 0 amide bonds. The van der Waals surface area contributed by atoms with Crippen LogP contribution in [-0.2, 0) is 4.79 Å². The Kier molecular flexibility index (Phi) is 11.9. The van der Waals surface area contributed by atoms with Gasteiger partial charge in [0.05, 0.1) is 0 Å². The van der Waals surface area contributed by atoms with Crippen molar-refractivity contribution in [2.24, 2.45) is 5.92 Å². The molecule has 24 heavy (non-hydrogen) atoms. The van der Waals surface area contributed by atoms with E-state index in [2.05, 4.69) is 12.2 Å². The Bertz CT molecular complexity index is 367. The van der Waals surface area contributed by atoms with Gasteiger partial charge in [-0.15, -0.1) is 0 Å². The summed E-state index contributed by atoms with van der Waals surface area (Å²) in [7, 11) is 0. The maximum atomic E-state index is 10.8. The third-order valence-electron chi connectivity index (χ3n) is 4.98. The number of allylic oxidation sites excluding steroid dienone is 2. The van der Waals surface area contributed by atoms with Crippen molar-refractivity contribution in [3.63, 3.8) is 0 Å². The first-order chi connectivity index (χ1) is 11.5. The van der Waals surface area contributed by atoms with E-state index in [0.29, 0.717) is 6.42 Å². The molecule has 0 spiro atoms. The number of unbranched alkanes of at least 4 members (excludes halogenated alkanes) is 9. The van der Waals surface area contributed by atoms with Crippen LogP contribution in [0.5, 0.6) is 0 Å². The highest BCUT2D eigenvalue weighted by Gasteiger charge is 2.32. The topological polar surface area (TPSA) is 37.3 Å². The molecule has 0 fully saturated rings. The van der Waals surface area contributed by atoms with Crippen LogP contribution in [-0.4, -0.2) is 15.4 Å². The highest BCUT2D eigenvalue weighted by Crippen LogP contribution is 2.28. The van der Waals surface area contributed by atoms with Gasteiger partial charge in [-0.25, -0.2) is 4.79 Å². The lowest BCUT2D eigenvalue weighted by molar-refractivity contribution is -0.138. The molecule has 0 aromatic rings. The molecule has 0 saturated heterocycles. The highest BCUT2D eigenvalue weighted by atomic mass is 35.5. The summed E-state index contributed by atoms with van der Waals surface area (Å²) in [6, 6.07) is 0. The lowest BCUT2D eigenvalue weighted by Crippen LogP contribution is -2.25. The number of aliphatic carboxylic acids is 1. The van der Waals surface area contributed by atoms with Crippen molar-refractivity contribution in [2.75, 3.05) is 0 Å². The van der Waals surface area contributed by atoms with Crippen molar-refractivity contribution in [3.8, 4) is 0 Å². The van der Waals surface area contributed by atoms with Crippen LogP contribution in [0.1, 0.15) is 96.3 Å². The third-order valence-corrected chi connectivity index (χ3v) is 5.68. The van der Waals surface area contributed by atoms with Gasteiger partial charge in [0.15, 0.2) is 0 Å². The van der Waals surface area contributed by atoms with Gasteiger partial charge >= 0.3 is 5.97 Å². The molecular weight excluding hydrogens is 343 g/mol. The third kappa shape index (κ3) is 10.6. The van der Waals surface area contributed by atoms with Gasteiger partial charge in [-0.05, 0) is 44.4 Å². The van der Waals surface area contributed by atoms with Gasteiger partial charge in [-0.3, -0.25) is 0 Å². The Hall–Kier alpha value is -0.210. The SMILES string of the molecule is O=C(O)C(Cl)(Cl)CCCCCCCCCCCCC1C=CCCC1. The summed E-state index contributed by atoms with van der Waals surface area (Å²) in [5.74, 6) is -0.273. The summed E-state index contributed by atoms with van der Waals surface area (Å²) in [5, 5.41) is 8.81.